The van der Waals surface area contributed by atoms with Crippen LogP contribution < -0.4 is 0 Å². The molecule has 0 aliphatic rings. The summed E-state index contributed by atoms with van der Waals surface area (Å²) in [5.74, 6) is 0. The average Bonchev–Trinajstić information content (AvgIpc) is 2.75. The van der Waals surface area contributed by atoms with E-state index in [1.54, 1.807) is 30.3 Å². The average molecular weight is 372 g/mol. The molecule has 3 rings (SSSR count). The lowest BCUT2D eigenvalue weighted by Gasteiger charge is -2.08. The van der Waals surface area contributed by atoms with E-state index in [4.69, 9.17) is 11.6 Å². The number of pyridine rings is 1. The summed E-state index contributed by atoms with van der Waals surface area (Å²) in [6.07, 6.45) is 1.54. The molecule has 0 aliphatic heterocycles. The molecule has 0 saturated carbocycles. The maximum atomic E-state index is 12.6. The van der Waals surface area contributed by atoms with E-state index >= 15 is 0 Å². The van der Waals surface area contributed by atoms with Gasteiger partial charge in [-0.3, -0.25) is 0 Å². The van der Waals surface area contributed by atoms with Crippen LogP contribution in [-0.2, 0) is 10.0 Å². The Kier molecular flexibility index (Phi) is 3.32. The zero-order valence-electron chi connectivity index (χ0n) is 9.99. The molecule has 102 valence electrons. The van der Waals surface area contributed by atoms with Gasteiger partial charge in [-0.25, -0.2) is 17.4 Å². The lowest BCUT2D eigenvalue weighted by molar-refractivity contribution is 0.589. The quantitative estimate of drug-likeness (QED) is 0.690. The molecule has 20 heavy (non-hydrogen) atoms. The van der Waals surface area contributed by atoms with Gasteiger partial charge in [-0.2, -0.15) is 0 Å². The molecule has 0 aliphatic carbocycles. The Labute approximate surface area is 129 Å². The molecule has 0 bridgehead atoms. The minimum Gasteiger partial charge on any atom is -0.236 e. The molecule has 0 spiro atoms. The summed E-state index contributed by atoms with van der Waals surface area (Å²) in [7, 11) is -3.76. The number of rotatable bonds is 2. The number of hydrogen-bond acceptors (Lipinski definition) is 3. The van der Waals surface area contributed by atoms with E-state index in [9.17, 15) is 8.42 Å². The molecule has 0 N–H and O–H groups in total. The van der Waals surface area contributed by atoms with Gasteiger partial charge in [-0.05, 0) is 40.2 Å². The summed E-state index contributed by atoms with van der Waals surface area (Å²) in [6.45, 7) is 0. The maximum Gasteiger partial charge on any atom is 0.270 e. The van der Waals surface area contributed by atoms with Crippen LogP contribution >= 0.6 is 27.5 Å². The van der Waals surface area contributed by atoms with Crippen molar-refractivity contribution in [2.45, 2.75) is 4.90 Å². The van der Waals surface area contributed by atoms with Crippen molar-refractivity contribution in [3.8, 4) is 0 Å². The van der Waals surface area contributed by atoms with Crippen LogP contribution in [0.4, 0.5) is 0 Å². The fraction of sp³-hybridized carbons (Fsp3) is 0. The van der Waals surface area contributed by atoms with Crippen molar-refractivity contribution in [3.05, 3.63) is 58.3 Å². The van der Waals surface area contributed by atoms with E-state index in [-0.39, 0.29) is 10.0 Å². The first kappa shape index (κ1) is 13.6. The number of hydrogen-bond donors (Lipinski definition) is 0. The van der Waals surface area contributed by atoms with Gasteiger partial charge in [0, 0.05) is 16.1 Å². The molecule has 0 radical (unpaired) electrons. The molecular weight excluding hydrogens is 364 g/mol. The molecule has 7 heteroatoms. The summed E-state index contributed by atoms with van der Waals surface area (Å²) in [4.78, 5) is 4.32. The molecule has 0 unspecified atom stereocenters. The third-order valence-corrected chi connectivity index (χ3v) is 5.33. The van der Waals surface area contributed by atoms with E-state index < -0.39 is 10.0 Å². The summed E-state index contributed by atoms with van der Waals surface area (Å²) >= 11 is 9.38. The molecule has 1 aromatic carbocycles. The highest BCUT2D eigenvalue weighted by Gasteiger charge is 2.22. The van der Waals surface area contributed by atoms with Crippen molar-refractivity contribution in [2.75, 3.05) is 0 Å². The molecule has 2 heterocycles. The largest absolute Gasteiger partial charge is 0.270 e. The summed E-state index contributed by atoms with van der Waals surface area (Å²) in [5, 5.41) is 0.762. The SMILES string of the molecule is O=S(=O)(c1ccccc1)n1c(Cl)cc2cc(Br)cnc21. The Balaban J connectivity index is 2.32. The van der Waals surface area contributed by atoms with Crippen molar-refractivity contribution in [3.63, 3.8) is 0 Å². The van der Waals surface area contributed by atoms with E-state index in [0.29, 0.717) is 11.0 Å². The third-order valence-electron chi connectivity index (χ3n) is 2.80. The van der Waals surface area contributed by atoms with Crippen molar-refractivity contribution >= 4 is 48.6 Å². The lowest BCUT2D eigenvalue weighted by Crippen LogP contribution is -2.13. The van der Waals surface area contributed by atoms with Gasteiger partial charge in [0.05, 0.1) is 4.90 Å². The van der Waals surface area contributed by atoms with Gasteiger partial charge >= 0.3 is 0 Å². The van der Waals surface area contributed by atoms with Gasteiger partial charge in [-0.1, -0.05) is 29.8 Å². The fourth-order valence-electron chi connectivity index (χ4n) is 1.94. The number of fused-ring (bicyclic) bond motifs is 1. The molecule has 0 saturated heterocycles. The van der Waals surface area contributed by atoms with Gasteiger partial charge in [0.2, 0.25) is 0 Å². The molecular formula is C13H8BrClN2O2S. The highest BCUT2D eigenvalue weighted by molar-refractivity contribution is 9.10. The van der Waals surface area contributed by atoms with E-state index in [2.05, 4.69) is 20.9 Å². The van der Waals surface area contributed by atoms with E-state index in [1.807, 2.05) is 0 Å². The lowest BCUT2D eigenvalue weighted by atomic mass is 10.3. The highest BCUT2D eigenvalue weighted by Crippen LogP contribution is 2.28. The van der Waals surface area contributed by atoms with Crippen molar-refractivity contribution in [1.82, 2.24) is 8.96 Å². The van der Waals surface area contributed by atoms with Gasteiger partial charge in [0.1, 0.15) is 5.15 Å². The fourth-order valence-corrected chi connectivity index (χ4v) is 4.13. The summed E-state index contributed by atoms with van der Waals surface area (Å²) < 4.78 is 27.1. The predicted molar refractivity (Wildman–Crippen MR) is 81.5 cm³/mol. The van der Waals surface area contributed by atoms with Gasteiger partial charge in [0.25, 0.3) is 10.0 Å². The number of benzene rings is 1. The molecule has 0 atom stereocenters. The maximum absolute atomic E-state index is 12.6. The minimum atomic E-state index is -3.76. The highest BCUT2D eigenvalue weighted by atomic mass is 79.9. The van der Waals surface area contributed by atoms with Gasteiger partial charge in [-0.15, -0.1) is 0 Å². The number of nitrogens with zero attached hydrogens (tertiary/aromatic N) is 2. The van der Waals surface area contributed by atoms with Crippen molar-refractivity contribution in [2.24, 2.45) is 0 Å². The zero-order chi connectivity index (χ0) is 14.3. The number of aromatic nitrogens is 2. The minimum absolute atomic E-state index is 0.106. The van der Waals surface area contributed by atoms with Crippen LogP contribution in [0.25, 0.3) is 11.0 Å². The molecule has 2 aromatic heterocycles. The van der Waals surface area contributed by atoms with Crippen LogP contribution in [0.2, 0.25) is 5.15 Å². The molecule has 0 amide bonds. The van der Waals surface area contributed by atoms with Gasteiger partial charge < -0.3 is 0 Å². The normalized spacial score (nSPS) is 11.9. The Morgan fingerprint density at radius 2 is 1.85 bits per heavy atom. The van der Waals surface area contributed by atoms with Crippen LogP contribution in [0.1, 0.15) is 0 Å². The molecule has 0 fully saturated rings. The van der Waals surface area contributed by atoms with Crippen molar-refractivity contribution in [1.29, 1.82) is 0 Å². The van der Waals surface area contributed by atoms with Crippen molar-refractivity contribution < 1.29 is 8.42 Å². The predicted octanol–water partition coefficient (Wildman–Crippen LogP) is 3.69. The Morgan fingerprint density at radius 1 is 1.15 bits per heavy atom. The summed E-state index contributed by atoms with van der Waals surface area (Å²) in [6, 6.07) is 11.5. The monoisotopic (exact) mass is 370 g/mol. The van der Waals surface area contributed by atoms with Gasteiger partial charge in [0.15, 0.2) is 5.65 Å². The Morgan fingerprint density at radius 3 is 2.55 bits per heavy atom. The second kappa shape index (κ2) is 4.87. The topological polar surface area (TPSA) is 52.0 Å². The number of halogens is 2. The second-order valence-corrected chi connectivity index (χ2v) is 7.21. The smallest absolute Gasteiger partial charge is 0.236 e. The first-order valence-electron chi connectivity index (χ1n) is 5.63. The third kappa shape index (κ3) is 2.13. The standard InChI is InChI=1S/C13H8BrClN2O2S/c14-10-6-9-7-12(15)17(13(9)16-8-10)20(18,19)11-4-2-1-3-5-11/h1-8H. The zero-order valence-corrected chi connectivity index (χ0v) is 13.2. The van der Waals surface area contributed by atoms with Crippen LogP contribution in [0, 0.1) is 0 Å². The van der Waals surface area contributed by atoms with E-state index in [0.717, 1.165) is 8.45 Å². The van der Waals surface area contributed by atoms with Crippen LogP contribution in [0.5, 0.6) is 0 Å². The van der Waals surface area contributed by atoms with Crippen LogP contribution in [0.3, 0.4) is 0 Å². The first-order chi connectivity index (χ1) is 9.50. The Hall–Kier alpha value is -1.37. The van der Waals surface area contributed by atoms with E-state index in [1.165, 1.54) is 18.3 Å². The van der Waals surface area contributed by atoms with Crippen LogP contribution in [-0.4, -0.2) is 17.4 Å². The summed E-state index contributed by atoms with van der Waals surface area (Å²) in [5.41, 5.74) is 0.307. The molecule has 3 aromatic rings. The van der Waals surface area contributed by atoms with Crippen LogP contribution in [0.15, 0.2) is 58.0 Å². The molecule has 4 nitrogen and oxygen atoms in total. The second-order valence-electron chi connectivity index (χ2n) is 4.12. The Bertz CT molecular complexity index is 891. The first-order valence-corrected chi connectivity index (χ1v) is 8.24.